The zero-order chi connectivity index (χ0) is 13.7. The Kier molecular flexibility index (Phi) is 4.23. The molecule has 0 radical (unpaired) electrons. The van der Waals surface area contributed by atoms with E-state index >= 15 is 0 Å². The molecule has 2 rings (SSSR count). The summed E-state index contributed by atoms with van der Waals surface area (Å²) in [6.07, 6.45) is 4.07. The second-order valence-electron chi connectivity index (χ2n) is 4.43. The van der Waals surface area contributed by atoms with E-state index in [1.165, 1.54) is 0 Å². The minimum atomic E-state index is -0.802. The number of hydrogen-bond acceptors (Lipinski definition) is 3. The molecule has 1 aromatic heterocycles. The van der Waals surface area contributed by atoms with E-state index in [0.29, 0.717) is 12.8 Å². The highest BCUT2D eigenvalue weighted by molar-refractivity contribution is 5.70. The highest BCUT2D eigenvalue weighted by Crippen LogP contribution is 2.19. The fourth-order valence-electron chi connectivity index (χ4n) is 2.02. The maximum atomic E-state index is 11.3. The molecule has 100 valence electrons. The monoisotopic (exact) mass is 260 g/mol. The lowest BCUT2D eigenvalue weighted by atomic mass is 9.93. The van der Waals surface area contributed by atoms with Gasteiger partial charge in [0.15, 0.2) is 0 Å². The summed E-state index contributed by atoms with van der Waals surface area (Å²) in [4.78, 5) is 11.3. The molecule has 1 aromatic carbocycles. The summed E-state index contributed by atoms with van der Waals surface area (Å²) in [5.74, 6) is -0.529. The van der Waals surface area contributed by atoms with Gasteiger partial charge in [-0.15, -0.1) is 0 Å². The number of ether oxygens (including phenoxy) is 1. The van der Waals surface area contributed by atoms with Crippen molar-refractivity contribution in [3.8, 4) is 5.75 Å². The first kappa shape index (κ1) is 13.2. The molecule has 0 aliphatic carbocycles. The fraction of sp³-hybridized carbons (Fsp3) is 0.267. The van der Waals surface area contributed by atoms with Gasteiger partial charge in [0, 0.05) is 0 Å². The van der Waals surface area contributed by atoms with Gasteiger partial charge in [-0.1, -0.05) is 12.1 Å². The summed E-state index contributed by atoms with van der Waals surface area (Å²) >= 11 is 0. The van der Waals surface area contributed by atoms with Gasteiger partial charge in [0.1, 0.15) is 5.75 Å². The van der Waals surface area contributed by atoms with Gasteiger partial charge >= 0.3 is 5.97 Å². The third-order valence-electron chi connectivity index (χ3n) is 3.03. The fourth-order valence-corrected chi connectivity index (χ4v) is 2.02. The van der Waals surface area contributed by atoms with Gasteiger partial charge in [-0.25, -0.2) is 0 Å². The standard InChI is InChI=1S/C15H16O4/c1-18-14-4-2-3-11(9-14)7-13(15(16)17)8-12-5-6-19-10-12/h2-6,9-10,13H,7-8H2,1H3,(H,16,17). The van der Waals surface area contributed by atoms with Crippen LogP contribution in [0.15, 0.2) is 47.3 Å². The van der Waals surface area contributed by atoms with Crippen LogP contribution in [-0.4, -0.2) is 18.2 Å². The smallest absolute Gasteiger partial charge is 0.307 e. The number of benzene rings is 1. The molecule has 0 saturated carbocycles. The lowest BCUT2D eigenvalue weighted by molar-refractivity contribution is -0.141. The van der Waals surface area contributed by atoms with Crippen LogP contribution in [0.3, 0.4) is 0 Å². The lowest BCUT2D eigenvalue weighted by Gasteiger charge is -2.12. The first-order chi connectivity index (χ1) is 9.19. The number of carboxylic acids is 1. The van der Waals surface area contributed by atoms with E-state index in [1.54, 1.807) is 25.7 Å². The van der Waals surface area contributed by atoms with E-state index in [1.807, 2.05) is 24.3 Å². The van der Waals surface area contributed by atoms with Crippen molar-refractivity contribution in [3.05, 3.63) is 54.0 Å². The van der Waals surface area contributed by atoms with Gasteiger partial charge in [-0.2, -0.15) is 0 Å². The predicted octanol–water partition coefficient (Wildman–Crippen LogP) is 2.77. The summed E-state index contributed by atoms with van der Waals surface area (Å²) in [5.41, 5.74) is 1.85. The second-order valence-corrected chi connectivity index (χ2v) is 4.43. The molecule has 0 saturated heterocycles. The summed E-state index contributed by atoms with van der Waals surface area (Å²) in [6.45, 7) is 0. The molecule has 0 bridgehead atoms. The molecule has 4 nitrogen and oxygen atoms in total. The molecule has 19 heavy (non-hydrogen) atoms. The lowest BCUT2D eigenvalue weighted by Crippen LogP contribution is -2.19. The molecule has 1 heterocycles. The van der Waals surface area contributed by atoms with Gasteiger partial charge in [0.2, 0.25) is 0 Å². The molecule has 4 heteroatoms. The molecular formula is C15H16O4. The number of carbonyl (C=O) groups is 1. The minimum absolute atomic E-state index is 0.461. The zero-order valence-corrected chi connectivity index (χ0v) is 10.7. The highest BCUT2D eigenvalue weighted by Gasteiger charge is 2.19. The van der Waals surface area contributed by atoms with E-state index in [0.717, 1.165) is 16.9 Å². The SMILES string of the molecule is COc1cccc(CC(Cc2ccoc2)C(=O)O)c1. The van der Waals surface area contributed by atoms with E-state index in [-0.39, 0.29) is 0 Å². The predicted molar refractivity (Wildman–Crippen MR) is 70.2 cm³/mol. The van der Waals surface area contributed by atoms with Crippen molar-refractivity contribution >= 4 is 5.97 Å². The Bertz CT molecular complexity index is 531. The molecule has 0 aliphatic heterocycles. The summed E-state index contributed by atoms with van der Waals surface area (Å²) in [6, 6.07) is 9.28. The number of aliphatic carboxylic acids is 1. The number of hydrogen-bond donors (Lipinski definition) is 1. The molecular weight excluding hydrogens is 244 g/mol. The van der Waals surface area contributed by atoms with Crippen molar-refractivity contribution in [2.45, 2.75) is 12.8 Å². The quantitative estimate of drug-likeness (QED) is 0.867. The maximum absolute atomic E-state index is 11.3. The van der Waals surface area contributed by atoms with Gasteiger partial charge < -0.3 is 14.3 Å². The van der Waals surface area contributed by atoms with Gasteiger partial charge in [-0.05, 0) is 42.2 Å². The first-order valence-electron chi connectivity index (χ1n) is 6.06. The molecule has 0 aliphatic rings. The number of furan rings is 1. The van der Waals surface area contributed by atoms with E-state index in [4.69, 9.17) is 9.15 Å². The van der Waals surface area contributed by atoms with Crippen molar-refractivity contribution in [3.63, 3.8) is 0 Å². The topological polar surface area (TPSA) is 59.7 Å². The number of rotatable bonds is 6. The van der Waals surface area contributed by atoms with E-state index in [9.17, 15) is 9.90 Å². The molecule has 1 unspecified atom stereocenters. The van der Waals surface area contributed by atoms with Crippen LogP contribution in [0.4, 0.5) is 0 Å². The first-order valence-corrected chi connectivity index (χ1v) is 6.06. The Morgan fingerprint density at radius 1 is 1.32 bits per heavy atom. The van der Waals surface area contributed by atoms with Gasteiger partial charge in [-0.3, -0.25) is 4.79 Å². The van der Waals surface area contributed by atoms with Crippen molar-refractivity contribution in [1.82, 2.24) is 0 Å². The van der Waals surface area contributed by atoms with Crippen molar-refractivity contribution < 1.29 is 19.1 Å². The molecule has 0 fully saturated rings. The van der Waals surface area contributed by atoms with Gasteiger partial charge in [0.05, 0.1) is 25.6 Å². The third-order valence-corrected chi connectivity index (χ3v) is 3.03. The Balaban J connectivity index is 2.09. The van der Waals surface area contributed by atoms with Gasteiger partial charge in [0.25, 0.3) is 0 Å². The number of methoxy groups -OCH3 is 1. The van der Waals surface area contributed by atoms with Crippen LogP contribution in [0, 0.1) is 5.92 Å². The van der Waals surface area contributed by atoms with Crippen LogP contribution in [0.2, 0.25) is 0 Å². The van der Waals surface area contributed by atoms with Crippen molar-refractivity contribution in [2.75, 3.05) is 7.11 Å². The minimum Gasteiger partial charge on any atom is -0.497 e. The van der Waals surface area contributed by atoms with Crippen LogP contribution in [-0.2, 0) is 17.6 Å². The van der Waals surface area contributed by atoms with Crippen LogP contribution >= 0.6 is 0 Å². The van der Waals surface area contributed by atoms with Crippen LogP contribution < -0.4 is 4.74 Å². The summed E-state index contributed by atoms with van der Waals surface area (Å²) in [5, 5.41) is 9.30. The maximum Gasteiger partial charge on any atom is 0.307 e. The summed E-state index contributed by atoms with van der Waals surface area (Å²) < 4.78 is 10.1. The normalized spacial score (nSPS) is 12.1. The van der Waals surface area contributed by atoms with E-state index in [2.05, 4.69) is 0 Å². The van der Waals surface area contributed by atoms with E-state index < -0.39 is 11.9 Å². The number of carboxylic acid groups (broad SMARTS) is 1. The second kappa shape index (κ2) is 6.09. The van der Waals surface area contributed by atoms with Crippen LogP contribution in [0.25, 0.3) is 0 Å². The Morgan fingerprint density at radius 2 is 2.11 bits per heavy atom. The Labute approximate surface area is 111 Å². The van der Waals surface area contributed by atoms with Crippen LogP contribution in [0.1, 0.15) is 11.1 Å². The Hall–Kier alpha value is -2.23. The molecule has 0 amide bonds. The average molecular weight is 260 g/mol. The molecule has 1 N–H and O–H groups in total. The molecule has 1 atom stereocenters. The van der Waals surface area contributed by atoms with Crippen molar-refractivity contribution in [2.24, 2.45) is 5.92 Å². The summed E-state index contributed by atoms with van der Waals surface area (Å²) in [7, 11) is 1.60. The largest absolute Gasteiger partial charge is 0.497 e. The highest BCUT2D eigenvalue weighted by atomic mass is 16.5. The molecule has 2 aromatic rings. The average Bonchev–Trinajstić information content (AvgIpc) is 2.91. The van der Waals surface area contributed by atoms with Crippen molar-refractivity contribution in [1.29, 1.82) is 0 Å². The zero-order valence-electron chi connectivity index (χ0n) is 10.7. The van der Waals surface area contributed by atoms with Crippen LogP contribution in [0.5, 0.6) is 5.75 Å². The third kappa shape index (κ3) is 3.61. The molecule has 0 spiro atoms. The Morgan fingerprint density at radius 3 is 2.74 bits per heavy atom.